The van der Waals surface area contributed by atoms with Crippen LogP contribution in [0.1, 0.15) is 11.6 Å². The molecule has 0 bridgehead atoms. The highest BCUT2D eigenvalue weighted by atomic mass is 19.1. The van der Waals surface area contributed by atoms with Gasteiger partial charge in [0, 0.05) is 11.9 Å². The summed E-state index contributed by atoms with van der Waals surface area (Å²) in [6, 6.07) is 11.2. The lowest BCUT2D eigenvalue weighted by Gasteiger charge is -2.25. The Balaban J connectivity index is 1.87. The fraction of sp³-hybridized carbons (Fsp3) is 0.222. The van der Waals surface area contributed by atoms with Crippen molar-refractivity contribution in [3.05, 3.63) is 66.0 Å². The zero-order chi connectivity index (χ0) is 17.1. The van der Waals surface area contributed by atoms with Gasteiger partial charge in [-0.15, -0.1) is 0 Å². The summed E-state index contributed by atoms with van der Waals surface area (Å²) in [7, 11) is 3.85. The van der Waals surface area contributed by atoms with E-state index in [1.54, 1.807) is 18.2 Å². The number of likely N-dealkylation sites (N-methyl/N-ethyl adjacent to an activating group) is 1. The number of hydrogen-bond acceptors (Lipinski definition) is 4. The quantitative estimate of drug-likeness (QED) is 0.777. The number of anilines is 1. The molecule has 24 heavy (non-hydrogen) atoms. The molecule has 3 aromatic rings. The van der Waals surface area contributed by atoms with E-state index in [0.29, 0.717) is 17.7 Å². The van der Waals surface area contributed by atoms with Crippen molar-refractivity contribution in [3.63, 3.8) is 0 Å². The molecule has 0 saturated carbocycles. The summed E-state index contributed by atoms with van der Waals surface area (Å²) in [5.41, 5.74) is 1.14. The number of hydrogen-bond donors (Lipinski definition) is 1. The molecule has 4 nitrogen and oxygen atoms in total. The molecule has 1 atom stereocenters. The zero-order valence-corrected chi connectivity index (χ0v) is 13.5. The average molecular weight is 328 g/mol. The number of nitrogens with zero attached hydrogens (tertiary/aromatic N) is 3. The highest BCUT2D eigenvalue weighted by Gasteiger charge is 2.16. The maximum absolute atomic E-state index is 13.8. The number of fused-ring (bicyclic) bond motifs is 1. The minimum Gasteiger partial charge on any atom is -0.368 e. The van der Waals surface area contributed by atoms with Crippen LogP contribution in [0.2, 0.25) is 0 Å². The number of halogens is 2. The Kier molecular flexibility index (Phi) is 4.66. The number of para-hydroxylation sites is 1. The van der Waals surface area contributed by atoms with Crippen molar-refractivity contribution in [2.45, 2.75) is 6.04 Å². The fourth-order valence-corrected chi connectivity index (χ4v) is 2.70. The van der Waals surface area contributed by atoms with E-state index in [-0.39, 0.29) is 23.2 Å². The van der Waals surface area contributed by atoms with Gasteiger partial charge in [-0.3, -0.25) is 0 Å². The highest BCUT2D eigenvalue weighted by Crippen LogP contribution is 2.24. The first kappa shape index (κ1) is 16.3. The van der Waals surface area contributed by atoms with Crippen molar-refractivity contribution in [3.8, 4) is 0 Å². The number of rotatable bonds is 5. The van der Waals surface area contributed by atoms with Crippen LogP contribution < -0.4 is 5.32 Å². The smallest absolute Gasteiger partial charge is 0.149 e. The van der Waals surface area contributed by atoms with Crippen LogP contribution in [0.3, 0.4) is 0 Å². The van der Waals surface area contributed by atoms with Gasteiger partial charge < -0.3 is 10.2 Å². The zero-order valence-electron chi connectivity index (χ0n) is 13.5. The Labute approximate surface area is 139 Å². The van der Waals surface area contributed by atoms with Crippen molar-refractivity contribution in [2.24, 2.45) is 0 Å². The van der Waals surface area contributed by atoms with E-state index in [1.165, 1.54) is 24.5 Å². The average Bonchev–Trinajstić information content (AvgIpc) is 2.55. The summed E-state index contributed by atoms with van der Waals surface area (Å²) in [5, 5.41) is 3.85. The van der Waals surface area contributed by atoms with Crippen LogP contribution in [-0.2, 0) is 0 Å². The van der Waals surface area contributed by atoms with Crippen molar-refractivity contribution >= 4 is 16.7 Å². The molecule has 0 fully saturated rings. The Morgan fingerprint density at radius 1 is 1.08 bits per heavy atom. The Morgan fingerprint density at radius 2 is 1.88 bits per heavy atom. The molecular weight excluding hydrogens is 310 g/mol. The maximum atomic E-state index is 13.8. The Hall–Kier alpha value is -2.60. The molecule has 0 aliphatic heterocycles. The van der Waals surface area contributed by atoms with Crippen LogP contribution in [0.15, 0.2) is 48.8 Å². The molecule has 0 spiro atoms. The maximum Gasteiger partial charge on any atom is 0.149 e. The van der Waals surface area contributed by atoms with Gasteiger partial charge in [-0.05, 0) is 43.9 Å². The van der Waals surface area contributed by atoms with Crippen LogP contribution in [0.4, 0.5) is 14.6 Å². The minimum absolute atomic E-state index is 0.0562. The van der Waals surface area contributed by atoms with E-state index in [1.807, 2.05) is 25.1 Å². The van der Waals surface area contributed by atoms with Gasteiger partial charge >= 0.3 is 0 Å². The minimum atomic E-state index is -0.382. The molecule has 1 heterocycles. The second-order valence-electron chi connectivity index (χ2n) is 5.77. The number of nitrogens with one attached hydrogen (secondary N) is 1. The highest BCUT2D eigenvalue weighted by molar-refractivity contribution is 5.89. The molecule has 1 N–H and O–H groups in total. The standard InChI is InChI=1S/C18H18F2N4/c1-24(2)16(12-5-3-6-13(19)9-12)10-21-18-14-7-4-8-15(20)17(14)22-11-23-18/h3-9,11,16H,10H2,1-2H3,(H,21,22,23). The summed E-state index contributed by atoms with van der Waals surface area (Å²) in [4.78, 5) is 10.2. The normalized spacial score (nSPS) is 12.5. The van der Waals surface area contributed by atoms with E-state index in [0.717, 1.165) is 5.56 Å². The van der Waals surface area contributed by atoms with Crippen LogP contribution in [0.5, 0.6) is 0 Å². The van der Waals surface area contributed by atoms with Gasteiger partial charge in [0.2, 0.25) is 0 Å². The molecule has 0 amide bonds. The Bertz CT molecular complexity index is 851. The van der Waals surface area contributed by atoms with Crippen LogP contribution in [0, 0.1) is 11.6 Å². The summed E-state index contributed by atoms with van der Waals surface area (Å²) in [5.74, 6) is -0.0936. The third-order valence-electron chi connectivity index (χ3n) is 3.94. The molecule has 0 radical (unpaired) electrons. The molecule has 0 saturated heterocycles. The molecule has 3 rings (SSSR count). The van der Waals surface area contributed by atoms with Crippen molar-refractivity contribution in [2.75, 3.05) is 26.0 Å². The first-order valence-corrected chi connectivity index (χ1v) is 7.61. The third kappa shape index (κ3) is 3.33. The summed E-state index contributed by atoms with van der Waals surface area (Å²) < 4.78 is 27.3. The van der Waals surface area contributed by atoms with Crippen molar-refractivity contribution < 1.29 is 8.78 Å². The monoisotopic (exact) mass is 328 g/mol. The SMILES string of the molecule is CN(C)C(CNc1ncnc2c(F)cccc12)c1cccc(F)c1. The molecule has 0 aliphatic rings. The Morgan fingerprint density at radius 3 is 2.62 bits per heavy atom. The third-order valence-corrected chi connectivity index (χ3v) is 3.94. The van der Waals surface area contributed by atoms with Gasteiger partial charge in [-0.1, -0.05) is 18.2 Å². The van der Waals surface area contributed by atoms with Gasteiger partial charge in [0.25, 0.3) is 0 Å². The van der Waals surface area contributed by atoms with E-state index in [2.05, 4.69) is 15.3 Å². The predicted octanol–water partition coefficient (Wildman–Crippen LogP) is 3.62. The topological polar surface area (TPSA) is 41.0 Å². The largest absolute Gasteiger partial charge is 0.368 e. The van der Waals surface area contributed by atoms with Gasteiger partial charge in [-0.25, -0.2) is 18.7 Å². The number of benzene rings is 2. The van der Waals surface area contributed by atoms with Gasteiger partial charge in [0.15, 0.2) is 0 Å². The molecule has 2 aromatic carbocycles. The molecule has 0 aliphatic carbocycles. The molecule has 1 unspecified atom stereocenters. The molecular formula is C18H18F2N4. The molecule has 124 valence electrons. The van der Waals surface area contributed by atoms with E-state index in [4.69, 9.17) is 0 Å². The van der Waals surface area contributed by atoms with Gasteiger partial charge in [0.05, 0.1) is 6.04 Å². The summed E-state index contributed by atoms with van der Waals surface area (Å²) in [6.07, 6.45) is 1.33. The lowest BCUT2D eigenvalue weighted by Crippen LogP contribution is -2.27. The fourth-order valence-electron chi connectivity index (χ4n) is 2.70. The number of aromatic nitrogens is 2. The van der Waals surface area contributed by atoms with Gasteiger partial charge in [0.1, 0.15) is 29.3 Å². The van der Waals surface area contributed by atoms with Crippen LogP contribution in [0.25, 0.3) is 10.9 Å². The van der Waals surface area contributed by atoms with Gasteiger partial charge in [-0.2, -0.15) is 0 Å². The van der Waals surface area contributed by atoms with E-state index >= 15 is 0 Å². The summed E-state index contributed by atoms with van der Waals surface area (Å²) in [6.45, 7) is 0.499. The van der Waals surface area contributed by atoms with E-state index < -0.39 is 0 Å². The van der Waals surface area contributed by atoms with Crippen molar-refractivity contribution in [1.82, 2.24) is 14.9 Å². The second-order valence-corrected chi connectivity index (χ2v) is 5.77. The summed E-state index contributed by atoms with van der Waals surface area (Å²) >= 11 is 0. The van der Waals surface area contributed by atoms with Crippen LogP contribution in [-0.4, -0.2) is 35.5 Å². The first-order chi connectivity index (χ1) is 11.6. The predicted molar refractivity (Wildman–Crippen MR) is 90.8 cm³/mol. The van der Waals surface area contributed by atoms with E-state index in [9.17, 15) is 8.78 Å². The van der Waals surface area contributed by atoms with Crippen LogP contribution >= 0.6 is 0 Å². The second kappa shape index (κ2) is 6.88. The molecule has 1 aromatic heterocycles. The first-order valence-electron chi connectivity index (χ1n) is 7.61. The lowest BCUT2D eigenvalue weighted by atomic mass is 10.1. The lowest BCUT2D eigenvalue weighted by molar-refractivity contribution is 0.311. The molecule has 6 heteroatoms. The van der Waals surface area contributed by atoms with Crippen molar-refractivity contribution in [1.29, 1.82) is 0 Å².